The summed E-state index contributed by atoms with van der Waals surface area (Å²) in [6.07, 6.45) is 0. The van der Waals surface area contributed by atoms with Gasteiger partial charge in [-0.05, 0) is 5.92 Å². The Morgan fingerprint density at radius 3 is 2.53 bits per heavy atom. The number of aromatic nitrogens is 2. The zero-order valence-electron chi connectivity index (χ0n) is 8.94. The zero-order valence-corrected chi connectivity index (χ0v) is 8.94. The van der Waals surface area contributed by atoms with Crippen LogP contribution >= 0.6 is 0 Å². The quantitative estimate of drug-likeness (QED) is 0.561. The standard InChI is InChI=1S/C9H17N5O/c1-5(2)6(4-15)12-8-3-7(10)13-9(11)14-8/h3,5-6,15H,4H2,1-2H3,(H5,10,11,12,13,14)/t6-/m1/s1. The van der Waals surface area contributed by atoms with E-state index in [1.165, 1.54) is 0 Å². The van der Waals surface area contributed by atoms with E-state index in [4.69, 9.17) is 16.6 Å². The number of aliphatic hydroxyl groups is 1. The zero-order chi connectivity index (χ0) is 11.4. The van der Waals surface area contributed by atoms with Crippen molar-refractivity contribution in [3.05, 3.63) is 6.07 Å². The van der Waals surface area contributed by atoms with Gasteiger partial charge in [0.25, 0.3) is 0 Å². The molecule has 0 unspecified atom stereocenters. The number of aliphatic hydroxyl groups excluding tert-OH is 1. The first-order chi connectivity index (χ1) is 7.02. The molecule has 84 valence electrons. The third-order valence-corrected chi connectivity index (χ3v) is 2.10. The summed E-state index contributed by atoms with van der Waals surface area (Å²) in [5.74, 6) is 1.25. The average Bonchev–Trinajstić information content (AvgIpc) is 2.12. The summed E-state index contributed by atoms with van der Waals surface area (Å²) in [5, 5.41) is 12.2. The van der Waals surface area contributed by atoms with E-state index in [9.17, 15) is 0 Å². The molecule has 0 aliphatic heterocycles. The van der Waals surface area contributed by atoms with Crippen molar-refractivity contribution >= 4 is 17.6 Å². The number of anilines is 3. The Kier molecular flexibility index (Phi) is 3.68. The molecular weight excluding hydrogens is 194 g/mol. The van der Waals surface area contributed by atoms with Crippen molar-refractivity contribution in [2.75, 3.05) is 23.4 Å². The van der Waals surface area contributed by atoms with E-state index in [0.29, 0.717) is 11.6 Å². The van der Waals surface area contributed by atoms with E-state index in [1.54, 1.807) is 6.07 Å². The van der Waals surface area contributed by atoms with Crippen LogP contribution in [-0.2, 0) is 0 Å². The Hall–Kier alpha value is -1.56. The summed E-state index contributed by atoms with van der Waals surface area (Å²) in [5.41, 5.74) is 11.0. The first-order valence-electron chi connectivity index (χ1n) is 4.80. The van der Waals surface area contributed by atoms with Gasteiger partial charge >= 0.3 is 0 Å². The lowest BCUT2D eigenvalue weighted by Crippen LogP contribution is -2.30. The van der Waals surface area contributed by atoms with Crippen LogP contribution in [0.1, 0.15) is 13.8 Å². The molecule has 15 heavy (non-hydrogen) atoms. The fraction of sp³-hybridized carbons (Fsp3) is 0.556. The highest BCUT2D eigenvalue weighted by molar-refractivity contribution is 5.48. The Bertz CT molecular complexity index is 308. The summed E-state index contributed by atoms with van der Waals surface area (Å²) < 4.78 is 0. The van der Waals surface area contributed by atoms with Gasteiger partial charge in [-0.1, -0.05) is 13.8 Å². The maximum absolute atomic E-state index is 9.13. The summed E-state index contributed by atoms with van der Waals surface area (Å²) in [7, 11) is 0. The van der Waals surface area contributed by atoms with Crippen LogP contribution < -0.4 is 16.8 Å². The van der Waals surface area contributed by atoms with Crippen molar-refractivity contribution in [3.8, 4) is 0 Å². The van der Waals surface area contributed by atoms with Gasteiger partial charge in [-0.2, -0.15) is 9.97 Å². The van der Waals surface area contributed by atoms with Crippen LogP contribution in [0.15, 0.2) is 6.07 Å². The molecule has 0 saturated carbocycles. The van der Waals surface area contributed by atoms with E-state index in [-0.39, 0.29) is 24.5 Å². The van der Waals surface area contributed by atoms with Gasteiger partial charge in [0.1, 0.15) is 11.6 Å². The monoisotopic (exact) mass is 211 g/mol. The van der Waals surface area contributed by atoms with Gasteiger partial charge in [-0.25, -0.2) is 0 Å². The molecule has 1 heterocycles. The molecule has 1 atom stereocenters. The summed E-state index contributed by atoms with van der Waals surface area (Å²) in [6.45, 7) is 4.03. The van der Waals surface area contributed by atoms with Crippen molar-refractivity contribution in [2.24, 2.45) is 5.92 Å². The van der Waals surface area contributed by atoms with Gasteiger partial charge in [0, 0.05) is 6.07 Å². The molecule has 0 saturated heterocycles. The lowest BCUT2D eigenvalue weighted by atomic mass is 10.1. The minimum atomic E-state index is -0.0706. The molecular formula is C9H17N5O. The third kappa shape index (κ3) is 3.25. The van der Waals surface area contributed by atoms with Crippen LogP contribution in [-0.4, -0.2) is 27.7 Å². The molecule has 0 aliphatic carbocycles. The fourth-order valence-corrected chi connectivity index (χ4v) is 1.17. The van der Waals surface area contributed by atoms with Crippen molar-refractivity contribution in [1.82, 2.24) is 9.97 Å². The van der Waals surface area contributed by atoms with Gasteiger partial charge in [-0.3, -0.25) is 0 Å². The first-order valence-corrected chi connectivity index (χ1v) is 4.80. The second kappa shape index (κ2) is 4.79. The highest BCUT2D eigenvalue weighted by Gasteiger charge is 2.12. The maximum Gasteiger partial charge on any atom is 0.223 e. The summed E-state index contributed by atoms with van der Waals surface area (Å²) in [6, 6.07) is 1.51. The molecule has 0 bridgehead atoms. The van der Waals surface area contributed by atoms with E-state index >= 15 is 0 Å². The largest absolute Gasteiger partial charge is 0.394 e. The minimum absolute atomic E-state index is 0.0292. The molecule has 0 spiro atoms. The minimum Gasteiger partial charge on any atom is -0.394 e. The molecule has 0 aliphatic rings. The van der Waals surface area contributed by atoms with Crippen molar-refractivity contribution in [2.45, 2.75) is 19.9 Å². The number of nitrogen functional groups attached to an aromatic ring is 2. The number of nitrogens with two attached hydrogens (primary N) is 2. The SMILES string of the molecule is CC(C)[C@@H](CO)Nc1cc(N)nc(N)n1. The number of nitrogens with one attached hydrogen (secondary N) is 1. The molecule has 1 rings (SSSR count). The van der Waals surface area contributed by atoms with Crippen LogP contribution in [0.3, 0.4) is 0 Å². The molecule has 1 aromatic heterocycles. The topological polar surface area (TPSA) is 110 Å². The van der Waals surface area contributed by atoms with Crippen molar-refractivity contribution < 1.29 is 5.11 Å². The molecule has 6 N–H and O–H groups in total. The smallest absolute Gasteiger partial charge is 0.223 e. The third-order valence-electron chi connectivity index (χ3n) is 2.10. The van der Waals surface area contributed by atoms with Crippen LogP contribution in [0.5, 0.6) is 0 Å². The second-order valence-corrected chi connectivity index (χ2v) is 3.71. The molecule has 6 nitrogen and oxygen atoms in total. The fourth-order valence-electron chi connectivity index (χ4n) is 1.17. The van der Waals surface area contributed by atoms with Crippen molar-refractivity contribution in [1.29, 1.82) is 0 Å². The lowest BCUT2D eigenvalue weighted by molar-refractivity contribution is 0.249. The van der Waals surface area contributed by atoms with Crippen LogP contribution in [0.25, 0.3) is 0 Å². The van der Waals surface area contributed by atoms with Gasteiger partial charge in [0.15, 0.2) is 0 Å². The summed E-state index contributed by atoms with van der Waals surface area (Å²) >= 11 is 0. The predicted octanol–water partition coefficient (Wildman–Crippen LogP) is 0.0698. The van der Waals surface area contributed by atoms with E-state index in [2.05, 4.69) is 15.3 Å². The number of rotatable bonds is 4. The Morgan fingerprint density at radius 1 is 1.40 bits per heavy atom. The lowest BCUT2D eigenvalue weighted by Gasteiger charge is -2.20. The first kappa shape index (κ1) is 11.5. The van der Waals surface area contributed by atoms with Crippen LogP contribution in [0.2, 0.25) is 0 Å². The highest BCUT2D eigenvalue weighted by Crippen LogP contribution is 2.13. The number of hydrogen-bond acceptors (Lipinski definition) is 6. The molecule has 0 amide bonds. The molecule has 0 fully saturated rings. The summed E-state index contributed by atoms with van der Waals surface area (Å²) in [4.78, 5) is 7.72. The predicted molar refractivity (Wildman–Crippen MR) is 60.2 cm³/mol. The Labute approximate surface area is 88.7 Å². The van der Waals surface area contributed by atoms with Crippen LogP contribution in [0, 0.1) is 5.92 Å². The van der Waals surface area contributed by atoms with E-state index in [0.717, 1.165) is 0 Å². The van der Waals surface area contributed by atoms with Gasteiger partial charge < -0.3 is 21.9 Å². The Morgan fingerprint density at radius 2 is 2.07 bits per heavy atom. The van der Waals surface area contributed by atoms with Gasteiger partial charge in [-0.15, -0.1) is 0 Å². The average molecular weight is 211 g/mol. The molecule has 0 aromatic carbocycles. The second-order valence-electron chi connectivity index (χ2n) is 3.71. The van der Waals surface area contributed by atoms with Crippen LogP contribution in [0.4, 0.5) is 17.6 Å². The number of hydrogen-bond donors (Lipinski definition) is 4. The van der Waals surface area contributed by atoms with Crippen molar-refractivity contribution in [3.63, 3.8) is 0 Å². The highest BCUT2D eigenvalue weighted by atomic mass is 16.3. The normalized spacial score (nSPS) is 12.8. The molecule has 1 aromatic rings. The maximum atomic E-state index is 9.13. The number of nitrogens with zero attached hydrogens (tertiary/aromatic N) is 2. The molecule has 0 radical (unpaired) electrons. The van der Waals surface area contributed by atoms with E-state index < -0.39 is 0 Å². The van der Waals surface area contributed by atoms with Gasteiger partial charge in [0.05, 0.1) is 12.6 Å². The molecule has 6 heteroatoms. The van der Waals surface area contributed by atoms with Gasteiger partial charge in [0.2, 0.25) is 5.95 Å². The van der Waals surface area contributed by atoms with E-state index in [1.807, 2.05) is 13.8 Å². The Balaban J connectivity index is 2.79.